The van der Waals surface area contributed by atoms with E-state index >= 15 is 0 Å². The van der Waals surface area contributed by atoms with Gasteiger partial charge in [0.1, 0.15) is 5.54 Å². The molecule has 0 spiro atoms. The highest BCUT2D eigenvalue weighted by atomic mass is 32.1. The van der Waals surface area contributed by atoms with Crippen molar-refractivity contribution in [2.24, 2.45) is 0 Å². The van der Waals surface area contributed by atoms with Gasteiger partial charge in [-0.25, -0.2) is 4.79 Å². The Morgan fingerprint density at radius 1 is 1.20 bits per heavy atom. The van der Waals surface area contributed by atoms with E-state index in [-0.39, 0.29) is 0 Å². The molecule has 4 heteroatoms. The molecule has 0 fully saturated rings. The lowest BCUT2D eigenvalue weighted by molar-refractivity contribution is -0.149. The van der Waals surface area contributed by atoms with Gasteiger partial charge in [0.15, 0.2) is 0 Å². The maximum Gasteiger partial charge on any atom is 0.328 e. The number of nitrogens with zero attached hydrogens (tertiary/aromatic N) is 1. The summed E-state index contributed by atoms with van der Waals surface area (Å²) in [5, 5.41) is 11.6. The van der Waals surface area contributed by atoms with Crippen LogP contribution < -0.4 is 0 Å². The fraction of sp³-hybridized carbons (Fsp3) is 0.312. The molecule has 1 N–H and O–H groups in total. The quantitative estimate of drug-likeness (QED) is 0.935. The van der Waals surface area contributed by atoms with Crippen molar-refractivity contribution in [2.75, 3.05) is 14.1 Å². The Kier molecular flexibility index (Phi) is 3.97. The first-order valence-corrected chi connectivity index (χ1v) is 7.31. The van der Waals surface area contributed by atoms with Gasteiger partial charge in [-0.3, -0.25) is 4.90 Å². The number of carboxylic acids is 1. The predicted molar refractivity (Wildman–Crippen MR) is 83.2 cm³/mol. The molecule has 2 rings (SSSR count). The minimum atomic E-state index is -1.01. The molecule has 0 aliphatic rings. The Hall–Kier alpha value is -1.65. The van der Waals surface area contributed by atoms with E-state index in [1.807, 2.05) is 24.3 Å². The van der Waals surface area contributed by atoms with E-state index in [1.54, 1.807) is 37.3 Å². The van der Waals surface area contributed by atoms with E-state index in [4.69, 9.17) is 0 Å². The first-order valence-electron chi connectivity index (χ1n) is 6.43. The van der Waals surface area contributed by atoms with E-state index in [1.165, 1.54) is 10.4 Å². The molecule has 3 nitrogen and oxygen atoms in total. The van der Waals surface area contributed by atoms with Gasteiger partial charge in [-0.15, -0.1) is 11.3 Å². The van der Waals surface area contributed by atoms with Crippen LogP contribution in [-0.4, -0.2) is 30.1 Å². The second kappa shape index (κ2) is 5.38. The van der Waals surface area contributed by atoms with Crippen LogP contribution in [0.4, 0.5) is 0 Å². The summed E-state index contributed by atoms with van der Waals surface area (Å²) in [7, 11) is 3.57. The lowest BCUT2D eigenvalue weighted by Crippen LogP contribution is -2.45. The molecule has 0 saturated heterocycles. The van der Waals surface area contributed by atoms with E-state index in [9.17, 15) is 9.90 Å². The zero-order chi connectivity index (χ0) is 14.9. The van der Waals surface area contributed by atoms with Crippen molar-refractivity contribution in [1.82, 2.24) is 4.90 Å². The lowest BCUT2D eigenvalue weighted by Gasteiger charge is -2.32. The van der Waals surface area contributed by atoms with Crippen LogP contribution in [-0.2, 0) is 10.3 Å². The average molecular weight is 289 g/mol. The molecule has 106 valence electrons. The molecule has 1 heterocycles. The monoisotopic (exact) mass is 289 g/mol. The van der Waals surface area contributed by atoms with Crippen LogP contribution in [0.5, 0.6) is 0 Å². The van der Waals surface area contributed by atoms with Crippen molar-refractivity contribution in [3.8, 4) is 10.4 Å². The Labute approximate surface area is 123 Å². The zero-order valence-corrected chi connectivity index (χ0v) is 13.0. The molecule has 0 saturated carbocycles. The lowest BCUT2D eigenvalue weighted by atomic mass is 9.90. The summed E-state index contributed by atoms with van der Waals surface area (Å²) in [5.41, 5.74) is 2.15. The van der Waals surface area contributed by atoms with Crippen LogP contribution in [0.2, 0.25) is 0 Å². The predicted octanol–water partition coefficient (Wildman–Crippen LogP) is 3.58. The molecule has 0 aliphatic heterocycles. The Balaban J connectivity index is 2.42. The van der Waals surface area contributed by atoms with Gasteiger partial charge in [0.25, 0.3) is 0 Å². The largest absolute Gasteiger partial charge is 0.480 e. The Morgan fingerprint density at radius 3 is 2.20 bits per heavy atom. The van der Waals surface area contributed by atoms with Crippen molar-refractivity contribution in [2.45, 2.75) is 19.4 Å². The van der Waals surface area contributed by atoms with Crippen molar-refractivity contribution >= 4 is 17.3 Å². The first kappa shape index (κ1) is 14.8. The molecule has 1 atom stereocenters. The molecule has 0 radical (unpaired) electrons. The number of aryl methyl sites for hydroxylation is 1. The summed E-state index contributed by atoms with van der Waals surface area (Å²) < 4.78 is 0. The molecule has 20 heavy (non-hydrogen) atoms. The number of hydrogen-bond acceptors (Lipinski definition) is 3. The molecule has 1 aromatic heterocycles. The number of carbonyl (C=O) groups is 1. The summed E-state index contributed by atoms with van der Waals surface area (Å²) in [4.78, 5) is 14.5. The second-order valence-corrected chi connectivity index (χ2v) is 6.20. The van der Waals surface area contributed by atoms with Crippen LogP contribution in [0, 0.1) is 6.92 Å². The van der Waals surface area contributed by atoms with Gasteiger partial charge in [-0.1, -0.05) is 24.3 Å². The summed E-state index contributed by atoms with van der Waals surface area (Å²) in [6, 6.07) is 9.90. The van der Waals surface area contributed by atoms with E-state index < -0.39 is 11.5 Å². The third-order valence-corrected chi connectivity index (χ3v) is 4.95. The molecule has 0 aliphatic carbocycles. The molecular formula is C16H19NO2S. The number of carboxylic acid groups (broad SMARTS) is 1. The average Bonchev–Trinajstić information content (AvgIpc) is 2.83. The van der Waals surface area contributed by atoms with Crippen molar-refractivity contribution in [1.29, 1.82) is 0 Å². The number of thiophene rings is 1. The van der Waals surface area contributed by atoms with Crippen molar-refractivity contribution in [3.05, 3.63) is 46.8 Å². The van der Waals surface area contributed by atoms with Crippen LogP contribution >= 0.6 is 11.3 Å². The van der Waals surface area contributed by atoms with Crippen LogP contribution in [0.3, 0.4) is 0 Å². The Morgan fingerprint density at radius 2 is 1.80 bits per heavy atom. The van der Waals surface area contributed by atoms with Crippen molar-refractivity contribution < 1.29 is 9.90 Å². The molecule has 1 unspecified atom stereocenters. The number of hydrogen-bond donors (Lipinski definition) is 1. The number of rotatable bonds is 4. The number of likely N-dealkylation sites (N-methyl/N-ethyl adjacent to an activating group) is 1. The highest BCUT2D eigenvalue weighted by molar-refractivity contribution is 7.13. The second-order valence-electron chi connectivity index (χ2n) is 5.28. The zero-order valence-electron chi connectivity index (χ0n) is 12.2. The standard InChI is InChI=1S/C16H19NO2S/c1-11-9-10-20-14(11)12-5-7-13(8-6-12)16(2,15(18)19)17(3)4/h5-10H,1-4H3,(H,18,19). The minimum Gasteiger partial charge on any atom is -0.480 e. The summed E-state index contributed by atoms with van der Waals surface area (Å²) >= 11 is 1.70. The maximum atomic E-state index is 11.6. The van der Waals surface area contributed by atoms with E-state index in [2.05, 4.69) is 18.4 Å². The fourth-order valence-corrected chi connectivity index (χ4v) is 3.12. The third-order valence-electron chi connectivity index (χ3n) is 3.88. The van der Waals surface area contributed by atoms with Crippen LogP contribution in [0.25, 0.3) is 10.4 Å². The Bertz CT molecular complexity index is 616. The van der Waals surface area contributed by atoms with Crippen LogP contribution in [0.15, 0.2) is 35.7 Å². The van der Waals surface area contributed by atoms with Gasteiger partial charge in [-0.05, 0) is 56.1 Å². The van der Waals surface area contributed by atoms with Gasteiger partial charge in [0.05, 0.1) is 0 Å². The number of aliphatic carboxylic acids is 1. The van der Waals surface area contributed by atoms with Crippen LogP contribution in [0.1, 0.15) is 18.1 Å². The summed E-state index contributed by atoms with van der Waals surface area (Å²) in [5.74, 6) is -0.845. The highest BCUT2D eigenvalue weighted by Crippen LogP contribution is 2.32. The summed E-state index contributed by atoms with van der Waals surface area (Å²) in [6.45, 7) is 3.81. The first-order chi connectivity index (χ1) is 9.37. The molecule has 2 aromatic rings. The smallest absolute Gasteiger partial charge is 0.328 e. The van der Waals surface area contributed by atoms with E-state index in [0.29, 0.717) is 0 Å². The van der Waals surface area contributed by atoms with Gasteiger partial charge in [0.2, 0.25) is 0 Å². The normalized spacial score (nSPS) is 14.2. The van der Waals surface area contributed by atoms with Gasteiger partial charge in [-0.2, -0.15) is 0 Å². The molecule has 0 amide bonds. The molecule has 1 aromatic carbocycles. The molecule has 0 bridgehead atoms. The number of benzene rings is 1. The fourth-order valence-electron chi connectivity index (χ4n) is 2.19. The molecular weight excluding hydrogens is 270 g/mol. The third kappa shape index (κ3) is 2.37. The SMILES string of the molecule is Cc1ccsc1-c1ccc(C(C)(C(=O)O)N(C)C)cc1. The van der Waals surface area contributed by atoms with Gasteiger partial charge >= 0.3 is 5.97 Å². The highest BCUT2D eigenvalue weighted by Gasteiger charge is 2.37. The van der Waals surface area contributed by atoms with Crippen molar-refractivity contribution in [3.63, 3.8) is 0 Å². The summed E-state index contributed by atoms with van der Waals surface area (Å²) in [6.07, 6.45) is 0. The van der Waals surface area contributed by atoms with Gasteiger partial charge < -0.3 is 5.11 Å². The van der Waals surface area contributed by atoms with E-state index in [0.717, 1.165) is 11.1 Å². The topological polar surface area (TPSA) is 40.5 Å². The van der Waals surface area contributed by atoms with Gasteiger partial charge in [0, 0.05) is 4.88 Å². The maximum absolute atomic E-state index is 11.6. The minimum absolute atomic E-state index is 0.785.